The Kier molecular flexibility index (Phi) is 5.56. The molecule has 0 radical (unpaired) electrons. The summed E-state index contributed by atoms with van der Waals surface area (Å²) in [5, 5.41) is 9.76. The molecule has 0 aromatic rings. The van der Waals surface area contributed by atoms with Gasteiger partial charge in [0.1, 0.15) is 5.60 Å². The molecule has 4 nitrogen and oxygen atoms in total. The number of ether oxygens (including phenoxy) is 3. The third-order valence-electron chi connectivity index (χ3n) is 3.31. The molecule has 0 aromatic heterocycles. The van der Waals surface area contributed by atoms with Crippen LogP contribution in [0, 0.1) is 5.92 Å². The van der Waals surface area contributed by atoms with E-state index in [1.165, 1.54) is 0 Å². The molecule has 1 N–H and O–H groups in total. The summed E-state index contributed by atoms with van der Waals surface area (Å²) in [6, 6.07) is 0. The lowest BCUT2D eigenvalue weighted by molar-refractivity contribution is -0.282. The van der Waals surface area contributed by atoms with Crippen molar-refractivity contribution in [1.29, 1.82) is 0 Å². The van der Waals surface area contributed by atoms with Crippen LogP contribution in [0.5, 0.6) is 0 Å². The highest BCUT2D eigenvalue weighted by Gasteiger charge is 2.49. The standard InChI is InChI=1S/C15H28O4/c1-7-8-15(10-11(2)3)12(17-6)9-13(19-15)18-14(4,5)16/h7,11-13,16H,1,8-10H2,2-6H3. The van der Waals surface area contributed by atoms with Crippen LogP contribution in [0.3, 0.4) is 0 Å². The molecule has 1 saturated heterocycles. The van der Waals surface area contributed by atoms with Gasteiger partial charge in [-0.2, -0.15) is 0 Å². The van der Waals surface area contributed by atoms with Crippen molar-refractivity contribution in [2.45, 2.75) is 70.7 Å². The van der Waals surface area contributed by atoms with Crippen LogP contribution in [0.2, 0.25) is 0 Å². The highest BCUT2D eigenvalue weighted by Crippen LogP contribution is 2.41. The van der Waals surface area contributed by atoms with Crippen LogP contribution in [0.15, 0.2) is 12.7 Å². The Hall–Kier alpha value is -0.420. The minimum Gasteiger partial charge on any atom is -0.378 e. The first-order chi connectivity index (χ1) is 8.72. The van der Waals surface area contributed by atoms with Crippen molar-refractivity contribution in [2.24, 2.45) is 5.92 Å². The Bertz CT molecular complexity index is 295. The Labute approximate surface area is 116 Å². The van der Waals surface area contributed by atoms with Gasteiger partial charge in [-0.25, -0.2) is 0 Å². The number of hydrogen-bond donors (Lipinski definition) is 1. The molecule has 0 aliphatic carbocycles. The number of aliphatic hydroxyl groups is 1. The zero-order valence-corrected chi connectivity index (χ0v) is 12.8. The fraction of sp³-hybridized carbons (Fsp3) is 0.867. The Morgan fingerprint density at radius 3 is 2.58 bits per heavy atom. The molecule has 1 aliphatic heterocycles. The smallest absolute Gasteiger partial charge is 0.164 e. The SMILES string of the molecule is C=CCC1(CC(C)C)OC(OC(C)(C)O)CC1OC. The summed E-state index contributed by atoms with van der Waals surface area (Å²) in [7, 11) is 1.69. The van der Waals surface area contributed by atoms with Crippen LogP contribution < -0.4 is 0 Å². The van der Waals surface area contributed by atoms with Crippen LogP contribution in [-0.2, 0) is 14.2 Å². The van der Waals surface area contributed by atoms with E-state index in [1.54, 1.807) is 21.0 Å². The fourth-order valence-corrected chi connectivity index (χ4v) is 2.86. The van der Waals surface area contributed by atoms with Crippen molar-refractivity contribution in [2.75, 3.05) is 7.11 Å². The third kappa shape index (κ3) is 4.56. The molecule has 0 aromatic carbocycles. The molecule has 4 heteroatoms. The number of hydrogen-bond acceptors (Lipinski definition) is 4. The van der Waals surface area contributed by atoms with Crippen LogP contribution in [-0.4, -0.2) is 36.0 Å². The van der Waals surface area contributed by atoms with E-state index in [9.17, 15) is 5.11 Å². The van der Waals surface area contributed by atoms with Crippen molar-refractivity contribution in [1.82, 2.24) is 0 Å². The van der Waals surface area contributed by atoms with E-state index in [1.807, 2.05) is 6.08 Å². The van der Waals surface area contributed by atoms with Gasteiger partial charge >= 0.3 is 0 Å². The molecule has 1 rings (SSSR count). The van der Waals surface area contributed by atoms with E-state index in [-0.39, 0.29) is 6.10 Å². The first-order valence-corrected chi connectivity index (χ1v) is 6.94. The quantitative estimate of drug-likeness (QED) is 0.572. The van der Waals surface area contributed by atoms with Crippen molar-refractivity contribution < 1.29 is 19.3 Å². The van der Waals surface area contributed by atoms with Crippen molar-refractivity contribution >= 4 is 0 Å². The summed E-state index contributed by atoms with van der Waals surface area (Å²) in [6.07, 6.45) is 3.60. The van der Waals surface area contributed by atoms with Crippen LogP contribution in [0.25, 0.3) is 0 Å². The highest BCUT2D eigenvalue weighted by atomic mass is 16.8. The van der Waals surface area contributed by atoms with Gasteiger partial charge in [0.2, 0.25) is 0 Å². The van der Waals surface area contributed by atoms with Crippen molar-refractivity contribution in [3.8, 4) is 0 Å². The maximum absolute atomic E-state index is 9.76. The first kappa shape index (κ1) is 16.6. The zero-order chi connectivity index (χ0) is 14.7. The minimum absolute atomic E-state index is 0.0414. The summed E-state index contributed by atoms with van der Waals surface area (Å²) < 4.78 is 17.2. The molecule has 19 heavy (non-hydrogen) atoms. The largest absolute Gasteiger partial charge is 0.378 e. The van der Waals surface area contributed by atoms with E-state index >= 15 is 0 Å². The lowest BCUT2D eigenvalue weighted by Gasteiger charge is -2.34. The molecule has 1 fully saturated rings. The molecule has 0 saturated carbocycles. The summed E-state index contributed by atoms with van der Waals surface area (Å²) in [5.41, 5.74) is -0.402. The van der Waals surface area contributed by atoms with E-state index in [2.05, 4.69) is 20.4 Å². The highest BCUT2D eigenvalue weighted by molar-refractivity contribution is 5.00. The van der Waals surface area contributed by atoms with Gasteiger partial charge in [0.15, 0.2) is 12.1 Å². The molecule has 0 spiro atoms. The summed E-state index contributed by atoms with van der Waals surface area (Å²) in [4.78, 5) is 0. The zero-order valence-electron chi connectivity index (χ0n) is 12.8. The first-order valence-electron chi connectivity index (χ1n) is 6.94. The molecule has 112 valence electrons. The average molecular weight is 272 g/mol. The predicted molar refractivity (Wildman–Crippen MR) is 74.7 cm³/mol. The molecular formula is C15H28O4. The number of methoxy groups -OCH3 is 1. The number of rotatable bonds is 7. The average Bonchev–Trinajstić information content (AvgIpc) is 2.52. The second kappa shape index (κ2) is 6.35. The lowest BCUT2D eigenvalue weighted by Crippen LogP contribution is -2.41. The predicted octanol–water partition coefficient (Wildman–Crippen LogP) is 2.85. The van der Waals surface area contributed by atoms with E-state index < -0.39 is 17.7 Å². The van der Waals surface area contributed by atoms with Gasteiger partial charge in [0, 0.05) is 13.5 Å². The van der Waals surface area contributed by atoms with Gasteiger partial charge < -0.3 is 19.3 Å². The normalized spacial score (nSPS) is 31.9. The van der Waals surface area contributed by atoms with E-state index in [0.717, 1.165) is 12.8 Å². The van der Waals surface area contributed by atoms with Gasteiger partial charge in [-0.3, -0.25) is 0 Å². The maximum Gasteiger partial charge on any atom is 0.164 e. The molecule has 0 bridgehead atoms. The fourth-order valence-electron chi connectivity index (χ4n) is 2.86. The molecule has 0 amide bonds. The molecular weight excluding hydrogens is 244 g/mol. The molecule has 1 heterocycles. The summed E-state index contributed by atoms with van der Waals surface area (Å²) in [5.74, 6) is -0.719. The van der Waals surface area contributed by atoms with Gasteiger partial charge in [-0.05, 0) is 32.6 Å². The van der Waals surface area contributed by atoms with Gasteiger partial charge in [0.05, 0.1) is 6.10 Å². The minimum atomic E-state index is -1.20. The van der Waals surface area contributed by atoms with Crippen LogP contribution in [0.1, 0.15) is 47.0 Å². The van der Waals surface area contributed by atoms with Crippen LogP contribution >= 0.6 is 0 Å². The second-order valence-corrected chi connectivity index (χ2v) is 6.23. The van der Waals surface area contributed by atoms with Gasteiger partial charge in [0.25, 0.3) is 0 Å². The van der Waals surface area contributed by atoms with E-state index in [0.29, 0.717) is 12.3 Å². The monoisotopic (exact) mass is 272 g/mol. The van der Waals surface area contributed by atoms with Crippen LogP contribution in [0.4, 0.5) is 0 Å². The molecule has 3 unspecified atom stereocenters. The van der Waals surface area contributed by atoms with Gasteiger partial charge in [-0.1, -0.05) is 19.9 Å². The lowest BCUT2D eigenvalue weighted by atomic mass is 9.84. The summed E-state index contributed by atoms with van der Waals surface area (Å²) >= 11 is 0. The molecule has 1 aliphatic rings. The Morgan fingerprint density at radius 2 is 2.16 bits per heavy atom. The van der Waals surface area contributed by atoms with Crippen molar-refractivity contribution in [3.05, 3.63) is 12.7 Å². The Morgan fingerprint density at radius 1 is 1.53 bits per heavy atom. The third-order valence-corrected chi connectivity index (χ3v) is 3.31. The second-order valence-electron chi connectivity index (χ2n) is 6.23. The topological polar surface area (TPSA) is 47.9 Å². The summed E-state index contributed by atoms with van der Waals surface area (Å²) in [6.45, 7) is 11.3. The van der Waals surface area contributed by atoms with Gasteiger partial charge in [-0.15, -0.1) is 6.58 Å². The van der Waals surface area contributed by atoms with E-state index in [4.69, 9.17) is 14.2 Å². The van der Waals surface area contributed by atoms with Crippen molar-refractivity contribution in [3.63, 3.8) is 0 Å². The maximum atomic E-state index is 9.76. The molecule has 3 atom stereocenters. The Balaban J connectivity index is 2.85.